The fraction of sp³-hybridized carbons (Fsp3) is 0.310. The molecule has 1 N–H and O–H groups in total. The zero-order valence-electron chi connectivity index (χ0n) is 20.3. The maximum absolute atomic E-state index is 13.6. The van der Waals surface area contributed by atoms with Crippen LogP contribution in [-0.2, 0) is 28.3 Å². The minimum Gasteiger partial charge on any atom is -0.352 e. The van der Waals surface area contributed by atoms with Gasteiger partial charge in [-0.05, 0) is 36.1 Å². The van der Waals surface area contributed by atoms with Crippen LogP contribution in [0.3, 0.4) is 0 Å². The third kappa shape index (κ3) is 8.44. The number of carbonyl (C=O) groups excluding carboxylic acids is 2. The second kappa shape index (κ2) is 14.0. The molecule has 0 aliphatic heterocycles. The highest BCUT2D eigenvalue weighted by Gasteiger charge is 2.30. The van der Waals surface area contributed by atoms with E-state index < -0.39 is 6.04 Å². The van der Waals surface area contributed by atoms with E-state index in [4.69, 9.17) is 11.6 Å². The first kappa shape index (κ1) is 26.8. The number of thioether (sulfide) groups is 1. The molecule has 0 unspecified atom stereocenters. The van der Waals surface area contributed by atoms with Crippen molar-refractivity contribution in [3.05, 3.63) is 107 Å². The predicted octanol–water partition coefficient (Wildman–Crippen LogP) is 6.13. The molecule has 3 rings (SSSR count). The minimum atomic E-state index is -0.611. The van der Waals surface area contributed by atoms with Gasteiger partial charge in [0.2, 0.25) is 11.8 Å². The molecule has 0 spiro atoms. The zero-order valence-corrected chi connectivity index (χ0v) is 21.9. The largest absolute Gasteiger partial charge is 0.352 e. The van der Waals surface area contributed by atoms with Crippen molar-refractivity contribution in [1.29, 1.82) is 0 Å². The number of carbonyl (C=O) groups is 2. The molecule has 6 heteroatoms. The van der Waals surface area contributed by atoms with Crippen LogP contribution < -0.4 is 5.32 Å². The van der Waals surface area contributed by atoms with Gasteiger partial charge >= 0.3 is 0 Å². The Balaban J connectivity index is 1.84. The van der Waals surface area contributed by atoms with Crippen molar-refractivity contribution in [3.63, 3.8) is 0 Å². The lowest BCUT2D eigenvalue weighted by Crippen LogP contribution is -2.52. The van der Waals surface area contributed by atoms with Crippen LogP contribution >= 0.6 is 23.4 Å². The highest BCUT2D eigenvalue weighted by Crippen LogP contribution is 2.22. The van der Waals surface area contributed by atoms with Crippen molar-refractivity contribution in [3.8, 4) is 0 Å². The quantitative estimate of drug-likeness (QED) is 0.320. The maximum atomic E-state index is 13.6. The molecule has 0 saturated heterocycles. The van der Waals surface area contributed by atoms with Crippen LogP contribution in [0.2, 0.25) is 5.02 Å². The van der Waals surface area contributed by atoms with Gasteiger partial charge in [0.25, 0.3) is 0 Å². The fourth-order valence-electron chi connectivity index (χ4n) is 3.72. The Labute approximate surface area is 218 Å². The normalized spacial score (nSPS) is 12.5. The first-order valence-corrected chi connectivity index (χ1v) is 13.5. The minimum absolute atomic E-state index is 0.0315. The molecule has 0 aliphatic rings. The number of benzene rings is 3. The summed E-state index contributed by atoms with van der Waals surface area (Å²) in [6.45, 7) is 4.40. The van der Waals surface area contributed by atoms with Gasteiger partial charge in [-0.1, -0.05) is 97.4 Å². The third-order valence-corrected chi connectivity index (χ3v) is 7.24. The molecular weight excluding hydrogens is 476 g/mol. The van der Waals surface area contributed by atoms with Crippen LogP contribution in [0.25, 0.3) is 0 Å². The van der Waals surface area contributed by atoms with E-state index in [-0.39, 0.29) is 23.6 Å². The molecule has 2 atom stereocenters. The number of hydrogen-bond acceptors (Lipinski definition) is 3. The Kier molecular flexibility index (Phi) is 10.7. The van der Waals surface area contributed by atoms with Gasteiger partial charge in [-0.2, -0.15) is 0 Å². The van der Waals surface area contributed by atoms with E-state index in [0.717, 1.165) is 23.1 Å². The summed E-state index contributed by atoms with van der Waals surface area (Å²) in [5.74, 6) is 0.710. The van der Waals surface area contributed by atoms with Crippen LogP contribution in [0.1, 0.15) is 37.0 Å². The average molecular weight is 509 g/mol. The number of nitrogens with one attached hydrogen (secondary N) is 1. The highest BCUT2D eigenvalue weighted by atomic mass is 35.5. The predicted molar refractivity (Wildman–Crippen MR) is 146 cm³/mol. The summed E-state index contributed by atoms with van der Waals surface area (Å²) in [5.41, 5.74) is 3.01. The van der Waals surface area contributed by atoms with E-state index in [0.29, 0.717) is 23.7 Å². The summed E-state index contributed by atoms with van der Waals surface area (Å²) in [5, 5.41) is 3.80. The zero-order chi connectivity index (χ0) is 25.0. The third-order valence-electron chi connectivity index (χ3n) is 5.91. The first-order valence-electron chi connectivity index (χ1n) is 12.0. The van der Waals surface area contributed by atoms with E-state index >= 15 is 0 Å². The van der Waals surface area contributed by atoms with Gasteiger partial charge in [0.1, 0.15) is 6.04 Å². The summed E-state index contributed by atoms with van der Waals surface area (Å²) < 4.78 is 0. The SMILES string of the molecule is CC[C@@H](C)NC(=O)[C@H](Cc1ccccc1)N(Cc1ccccc1)C(=O)CSCc1ccccc1Cl. The Morgan fingerprint density at radius 2 is 1.51 bits per heavy atom. The average Bonchev–Trinajstić information content (AvgIpc) is 2.88. The van der Waals surface area contributed by atoms with Gasteiger partial charge < -0.3 is 10.2 Å². The molecule has 3 aromatic rings. The van der Waals surface area contributed by atoms with E-state index in [1.54, 1.807) is 4.90 Å². The Bertz CT molecular complexity index is 1080. The Morgan fingerprint density at radius 1 is 0.914 bits per heavy atom. The van der Waals surface area contributed by atoms with Gasteiger partial charge in [0.15, 0.2) is 0 Å². The highest BCUT2D eigenvalue weighted by molar-refractivity contribution is 7.99. The van der Waals surface area contributed by atoms with Crippen molar-refractivity contribution in [2.24, 2.45) is 0 Å². The van der Waals surface area contributed by atoms with Crippen LogP contribution in [0, 0.1) is 0 Å². The van der Waals surface area contributed by atoms with Gasteiger partial charge in [0.05, 0.1) is 5.75 Å². The van der Waals surface area contributed by atoms with Crippen LogP contribution in [0.15, 0.2) is 84.9 Å². The molecule has 0 heterocycles. The number of nitrogens with zero attached hydrogens (tertiary/aromatic N) is 1. The standard InChI is InChI=1S/C29H33ClN2O2S/c1-3-22(2)31-29(34)27(18-23-12-6-4-7-13-23)32(19-24-14-8-5-9-15-24)28(33)21-35-20-25-16-10-11-17-26(25)30/h4-17,22,27H,3,18-21H2,1-2H3,(H,31,34)/t22-,27+/m1/s1. The number of amides is 2. The van der Waals surface area contributed by atoms with E-state index in [1.807, 2.05) is 98.8 Å². The summed E-state index contributed by atoms with van der Waals surface area (Å²) in [4.78, 5) is 28.8. The van der Waals surface area contributed by atoms with Gasteiger partial charge in [-0.25, -0.2) is 0 Å². The lowest BCUT2D eigenvalue weighted by atomic mass is 10.0. The second-order valence-electron chi connectivity index (χ2n) is 8.61. The van der Waals surface area contributed by atoms with Gasteiger partial charge in [-0.15, -0.1) is 11.8 Å². The lowest BCUT2D eigenvalue weighted by Gasteiger charge is -2.32. The van der Waals surface area contributed by atoms with Gasteiger partial charge in [-0.3, -0.25) is 9.59 Å². The first-order chi connectivity index (χ1) is 17.0. The molecule has 0 aliphatic carbocycles. The molecule has 0 radical (unpaired) electrons. The van der Waals surface area contributed by atoms with Crippen molar-refractivity contribution in [2.75, 3.05) is 5.75 Å². The molecule has 3 aromatic carbocycles. The number of hydrogen-bond donors (Lipinski definition) is 1. The topological polar surface area (TPSA) is 49.4 Å². The lowest BCUT2D eigenvalue weighted by molar-refractivity contribution is -0.139. The maximum Gasteiger partial charge on any atom is 0.243 e. The molecule has 35 heavy (non-hydrogen) atoms. The second-order valence-corrected chi connectivity index (χ2v) is 10.0. The fourth-order valence-corrected chi connectivity index (χ4v) is 4.92. The van der Waals surface area contributed by atoms with Crippen LogP contribution in [0.5, 0.6) is 0 Å². The molecule has 0 bridgehead atoms. The van der Waals surface area contributed by atoms with Gasteiger partial charge in [0, 0.05) is 29.8 Å². The van der Waals surface area contributed by atoms with E-state index in [1.165, 1.54) is 11.8 Å². The molecule has 184 valence electrons. The molecule has 4 nitrogen and oxygen atoms in total. The van der Waals surface area contributed by atoms with Crippen molar-refractivity contribution in [2.45, 2.75) is 51.1 Å². The molecular formula is C29H33ClN2O2S. The summed E-state index contributed by atoms with van der Waals surface area (Å²) in [7, 11) is 0. The van der Waals surface area contributed by atoms with Crippen molar-refractivity contribution < 1.29 is 9.59 Å². The van der Waals surface area contributed by atoms with Crippen LogP contribution in [-0.4, -0.2) is 34.6 Å². The summed E-state index contributed by atoms with van der Waals surface area (Å²) >= 11 is 7.81. The van der Waals surface area contributed by atoms with E-state index in [2.05, 4.69) is 5.32 Å². The molecule has 0 fully saturated rings. The Morgan fingerprint density at radius 3 is 2.14 bits per heavy atom. The molecule has 0 aromatic heterocycles. The smallest absolute Gasteiger partial charge is 0.243 e. The molecule has 0 saturated carbocycles. The van der Waals surface area contributed by atoms with Crippen molar-refractivity contribution in [1.82, 2.24) is 10.2 Å². The Hall–Kier alpha value is -2.76. The van der Waals surface area contributed by atoms with E-state index in [9.17, 15) is 9.59 Å². The summed E-state index contributed by atoms with van der Waals surface area (Å²) in [6.07, 6.45) is 1.28. The monoisotopic (exact) mass is 508 g/mol. The number of rotatable bonds is 12. The van der Waals surface area contributed by atoms with Crippen molar-refractivity contribution >= 4 is 35.2 Å². The number of halogens is 1. The van der Waals surface area contributed by atoms with Crippen LogP contribution in [0.4, 0.5) is 0 Å². The molecule has 2 amide bonds. The summed E-state index contributed by atoms with van der Waals surface area (Å²) in [6, 6.07) is 26.8.